The molecule has 2 heterocycles. The lowest BCUT2D eigenvalue weighted by Gasteiger charge is -2.48. The van der Waals surface area contributed by atoms with Crippen LogP contribution < -0.4 is 11.1 Å². The van der Waals surface area contributed by atoms with Gasteiger partial charge in [0.1, 0.15) is 5.82 Å². The fourth-order valence-electron chi connectivity index (χ4n) is 4.18. The first-order valence-electron chi connectivity index (χ1n) is 9.82. The fraction of sp³-hybridized carbons (Fsp3) is 0.429. The highest BCUT2D eigenvalue weighted by molar-refractivity contribution is 6.34. The van der Waals surface area contributed by atoms with E-state index < -0.39 is 11.1 Å². The fourth-order valence-corrected chi connectivity index (χ4v) is 4.55. The summed E-state index contributed by atoms with van der Waals surface area (Å²) in [5.41, 5.74) is 6.72. The summed E-state index contributed by atoms with van der Waals surface area (Å²) in [6, 6.07) is 5.41. The van der Waals surface area contributed by atoms with Gasteiger partial charge in [0.25, 0.3) is 0 Å². The van der Waals surface area contributed by atoms with Crippen LogP contribution in [0.2, 0.25) is 5.02 Å². The number of aryl methyl sites for hydroxylation is 1. The van der Waals surface area contributed by atoms with E-state index >= 15 is 0 Å². The lowest BCUT2D eigenvalue weighted by molar-refractivity contribution is -0.138. The average molecular weight is 429 g/mol. The number of carbonyl (C=O) groups is 1. The molecule has 4 rings (SSSR count). The number of aromatic nitrogens is 2. The molecule has 4 N–H and O–H groups in total. The minimum atomic E-state index is -0.891. The Morgan fingerprint density at radius 1 is 1.27 bits per heavy atom. The number of aliphatic hydroxyl groups is 1. The summed E-state index contributed by atoms with van der Waals surface area (Å²) in [4.78, 5) is 27.7. The average Bonchev–Trinajstić information content (AvgIpc) is 2.63. The Morgan fingerprint density at radius 2 is 2.00 bits per heavy atom. The van der Waals surface area contributed by atoms with Crippen LogP contribution >= 0.6 is 11.6 Å². The van der Waals surface area contributed by atoms with Crippen molar-refractivity contribution in [2.75, 3.05) is 5.32 Å². The van der Waals surface area contributed by atoms with Crippen molar-refractivity contribution in [3.8, 4) is 0 Å². The summed E-state index contributed by atoms with van der Waals surface area (Å²) in [6.45, 7) is 5.47. The van der Waals surface area contributed by atoms with Crippen LogP contribution in [0.5, 0.6) is 0 Å². The molecule has 1 aromatic heterocycles. The first kappa shape index (κ1) is 20.6. The summed E-state index contributed by atoms with van der Waals surface area (Å²) < 4.78 is 0. The van der Waals surface area contributed by atoms with E-state index in [4.69, 9.17) is 17.3 Å². The molecule has 0 saturated heterocycles. The van der Waals surface area contributed by atoms with Crippen molar-refractivity contribution in [3.05, 3.63) is 46.9 Å². The van der Waals surface area contributed by atoms with E-state index in [9.17, 15) is 9.90 Å². The smallest absolute Gasteiger partial charge is 0.232 e. The summed E-state index contributed by atoms with van der Waals surface area (Å²) in [6.07, 6.45) is 4.41. The van der Waals surface area contributed by atoms with Crippen molar-refractivity contribution in [1.82, 2.24) is 14.9 Å². The van der Waals surface area contributed by atoms with Crippen molar-refractivity contribution in [2.24, 2.45) is 10.7 Å². The molecule has 1 aromatic carbocycles. The number of nitrogens with two attached hydrogens (primary N) is 1. The van der Waals surface area contributed by atoms with Gasteiger partial charge >= 0.3 is 0 Å². The van der Waals surface area contributed by atoms with Gasteiger partial charge in [-0.05, 0) is 39.7 Å². The van der Waals surface area contributed by atoms with Crippen LogP contribution in [0.4, 0.5) is 11.5 Å². The van der Waals surface area contributed by atoms with Crippen molar-refractivity contribution >= 4 is 35.0 Å². The second kappa shape index (κ2) is 7.21. The SMILES string of the molecule is Cc1cnc(Nc2cccc([C@]3(C)CC(=O)N(C4CC(C)(O)C4)C(N)=N3)c2Cl)cn1. The van der Waals surface area contributed by atoms with Gasteiger partial charge in [-0.3, -0.25) is 14.7 Å². The molecule has 1 saturated carbocycles. The highest BCUT2D eigenvalue weighted by atomic mass is 35.5. The molecule has 8 nitrogen and oxygen atoms in total. The topological polar surface area (TPSA) is 117 Å². The Kier molecular flexibility index (Phi) is 4.94. The number of nitrogens with one attached hydrogen (secondary N) is 1. The number of anilines is 2. The summed E-state index contributed by atoms with van der Waals surface area (Å²) in [5, 5.41) is 13.6. The number of halogens is 1. The largest absolute Gasteiger partial charge is 0.390 e. The molecule has 1 aliphatic carbocycles. The van der Waals surface area contributed by atoms with Gasteiger partial charge in [0.15, 0.2) is 5.96 Å². The second-order valence-electron chi connectivity index (χ2n) is 8.58. The van der Waals surface area contributed by atoms with Gasteiger partial charge in [-0.2, -0.15) is 0 Å². The van der Waals surface area contributed by atoms with Crippen LogP contribution in [-0.2, 0) is 10.3 Å². The number of amides is 1. The van der Waals surface area contributed by atoms with Crippen LogP contribution in [-0.4, -0.2) is 43.5 Å². The minimum absolute atomic E-state index is 0.121. The number of benzene rings is 1. The summed E-state index contributed by atoms with van der Waals surface area (Å²) >= 11 is 6.70. The van der Waals surface area contributed by atoms with E-state index in [2.05, 4.69) is 20.3 Å². The molecule has 0 bridgehead atoms. The Labute approximate surface area is 180 Å². The van der Waals surface area contributed by atoms with Crippen LogP contribution in [0.1, 0.15) is 44.4 Å². The van der Waals surface area contributed by atoms with E-state index in [0.717, 1.165) is 5.69 Å². The number of rotatable bonds is 4. The lowest BCUT2D eigenvalue weighted by atomic mass is 9.75. The number of hydrogen-bond acceptors (Lipinski definition) is 7. The Bertz CT molecular complexity index is 1010. The molecular weight excluding hydrogens is 404 g/mol. The molecule has 1 aliphatic heterocycles. The summed E-state index contributed by atoms with van der Waals surface area (Å²) in [7, 11) is 0. The Morgan fingerprint density at radius 3 is 2.60 bits per heavy atom. The third-order valence-electron chi connectivity index (χ3n) is 5.71. The van der Waals surface area contributed by atoms with Gasteiger partial charge in [-0.25, -0.2) is 9.98 Å². The molecule has 158 valence electrons. The van der Waals surface area contributed by atoms with Crippen molar-refractivity contribution in [2.45, 2.75) is 57.2 Å². The van der Waals surface area contributed by atoms with Crippen molar-refractivity contribution < 1.29 is 9.90 Å². The van der Waals surface area contributed by atoms with Crippen LogP contribution in [0.25, 0.3) is 0 Å². The van der Waals surface area contributed by atoms with Gasteiger partial charge in [-0.1, -0.05) is 23.7 Å². The molecule has 9 heteroatoms. The van der Waals surface area contributed by atoms with E-state index in [1.165, 1.54) is 4.90 Å². The second-order valence-corrected chi connectivity index (χ2v) is 8.96. The van der Waals surface area contributed by atoms with Crippen molar-refractivity contribution in [3.63, 3.8) is 0 Å². The van der Waals surface area contributed by atoms with Gasteiger partial charge in [0, 0.05) is 11.6 Å². The molecule has 1 amide bonds. The molecule has 2 aromatic rings. The first-order chi connectivity index (χ1) is 14.1. The monoisotopic (exact) mass is 428 g/mol. The number of aliphatic imine (C=N–C) groups is 1. The zero-order valence-electron chi connectivity index (χ0n) is 17.2. The third-order valence-corrected chi connectivity index (χ3v) is 6.12. The highest BCUT2D eigenvalue weighted by Gasteiger charge is 2.48. The van der Waals surface area contributed by atoms with Crippen LogP contribution in [0, 0.1) is 6.92 Å². The minimum Gasteiger partial charge on any atom is -0.390 e. The third kappa shape index (κ3) is 3.73. The number of guanidine groups is 1. The normalized spacial score (nSPS) is 28.7. The molecule has 2 aliphatic rings. The van der Waals surface area contributed by atoms with Crippen molar-refractivity contribution in [1.29, 1.82) is 0 Å². The maximum Gasteiger partial charge on any atom is 0.232 e. The van der Waals surface area contributed by atoms with E-state index in [0.29, 0.717) is 34.9 Å². The number of hydrogen-bond donors (Lipinski definition) is 3. The first-order valence-corrected chi connectivity index (χ1v) is 10.2. The molecular formula is C21H25ClN6O2. The predicted molar refractivity (Wildman–Crippen MR) is 116 cm³/mol. The standard InChI is InChI=1S/C21H25ClN6O2/c1-12-10-25-16(11-24-12)26-15-6-4-5-14(18(15)22)21(3)9-17(29)28(19(23)27-21)13-7-20(2,30)8-13/h4-6,10-11,13,30H,7-9H2,1-3H3,(H2,23,27)(H,25,26)/t13?,20?,21-/m0/s1. The molecule has 1 fully saturated rings. The van der Waals surface area contributed by atoms with E-state index in [1.807, 2.05) is 32.0 Å². The quantitative estimate of drug-likeness (QED) is 0.689. The zero-order valence-corrected chi connectivity index (χ0v) is 17.9. The number of nitrogens with zero attached hydrogens (tertiary/aromatic N) is 4. The van der Waals surface area contributed by atoms with Gasteiger partial charge in [-0.15, -0.1) is 0 Å². The molecule has 0 unspecified atom stereocenters. The van der Waals surface area contributed by atoms with Crippen LogP contribution in [0.3, 0.4) is 0 Å². The molecule has 30 heavy (non-hydrogen) atoms. The van der Waals surface area contributed by atoms with E-state index in [1.54, 1.807) is 19.3 Å². The Balaban J connectivity index is 1.62. The van der Waals surface area contributed by atoms with Gasteiger partial charge in [0.2, 0.25) is 5.91 Å². The predicted octanol–water partition coefficient (Wildman–Crippen LogP) is 2.86. The maximum absolute atomic E-state index is 13.0. The highest BCUT2D eigenvalue weighted by Crippen LogP contribution is 2.43. The van der Waals surface area contributed by atoms with Gasteiger partial charge in [0.05, 0.1) is 46.4 Å². The lowest BCUT2D eigenvalue weighted by Crippen LogP contribution is -2.61. The molecule has 0 spiro atoms. The molecule has 0 radical (unpaired) electrons. The van der Waals surface area contributed by atoms with Crippen LogP contribution in [0.15, 0.2) is 35.6 Å². The number of carbonyl (C=O) groups excluding carboxylic acids is 1. The zero-order chi connectivity index (χ0) is 21.7. The Hall–Kier alpha value is -2.71. The maximum atomic E-state index is 13.0. The van der Waals surface area contributed by atoms with E-state index in [-0.39, 0.29) is 24.3 Å². The molecule has 1 atom stereocenters. The van der Waals surface area contributed by atoms with Gasteiger partial charge < -0.3 is 16.2 Å². The summed E-state index contributed by atoms with van der Waals surface area (Å²) in [5.74, 6) is 0.605.